The van der Waals surface area contributed by atoms with E-state index in [0.29, 0.717) is 34.9 Å². The zero-order chi connectivity index (χ0) is 25.7. The molecule has 37 heavy (non-hydrogen) atoms. The highest BCUT2D eigenvalue weighted by molar-refractivity contribution is 7.12. The number of hydrogen-bond acceptors (Lipinski definition) is 8. The van der Waals surface area contributed by atoms with Crippen LogP contribution in [-0.4, -0.2) is 79.4 Å². The summed E-state index contributed by atoms with van der Waals surface area (Å²) in [7, 11) is 4.22. The Morgan fingerprint density at radius 1 is 1.16 bits per heavy atom. The molecule has 0 spiro atoms. The summed E-state index contributed by atoms with van der Waals surface area (Å²) in [5.74, 6) is 1.14. The van der Waals surface area contributed by atoms with E-state index in [1.807, 2.05) is 23.6 Å². The Hall–Kier alpha value is -3.44. The molecule has 3 aromatic rings. The number of carbonyl (C=O) groups excluding carboxylic acids is 3. The van der Waals surface area contributed by atoms with Gasteiger partial charge in [-0.3, -0.25) is 14.9 Å². The Morgan fingerprint density at radius 3 is 2.70 bits per heavy atom. The molecule has 0 radical (unpaired) electrons. The molecule has 0 aliphatic carbocycles. The van der Waals surface area contributed by atoms with Gasteiger partial charge in [-0.25, -0.2) is 9.78 Å². The molecule has 2 N–H and O–H groups in total. The molecule has 3 aliphatic rings. The van der Waals surface area contributed by atoms with Gasteiger partial charge in [0.05, 0.1) is 11.4 Å². The molecular formula is C26H30N6O4S. The number of piperidine rings is 1. The number of pyridine rings is 1. The van der Waals surface area contributed by atoms with Crippen molar-refractivity contribution in [3.63, 3.8) is 0 Å². The number of imide groups is 1. The van der Waals surface area contributed by atoms with Crippen LogP contribution in [0.4, 0.5) is 10.6 Å². The Balaban J connectivity index is 1.27. The van der Waals surface area contributed by atoms with E-state index in [1.165, 1.54) is 11.3 Å². The summed E-state index contributed by atoms with van der Waals surface area (Å²) in [6.07, 6.45) is 2.92. The second-order valence-electron chi connectivity index (χ2n) is 10.4. The lowest BCUT2D eigenvalue weighted by Gasteiger charge is -2.33. The van der Waals surface area contributed by atoms with Crippen LogP contribution < -0.4 is 15.5 Å². The van der Waals surface area contributed by atoms with E-state index >= 15 is 0 Å². The van der Waals surface area contributed by atoms with Gasteiger partial charge in [-0.15, -0.1) is 11.3 Å². The lowest BCUT2D eigenvalue weighted by molar-refractivity contribution is -0.125. The second kappa shape index (κ2) is 9.14. The van der Waals surface area contributed by atoms with Gasteiger partial charge >= 0.3 is 6.03 Å². The first-order valence-electron chi connectivity index (χ1n) is 12.6. The molecule has 6 rings (SSSR count). The Morgan fingerprint density at radius 2 is 1.97 bits per heavy atom. The molecule has 3 aliphatic heterocycles. The number of fused-ring (bicyclic) bond motifs is 2. The minimum Gasteiger partial charge on any atom is -0.456 e. The predicted octanol–water partition coefficient (Wildman–Crippen LogP) is 2.40. The number of nitrogens with one attached hydrogen (secondary N) is 2. The molecule has 6 heterocycles. The van der Waals surface area contributed by atoms with E-state index in [2.05, 4.69) is 34.5 Å². The predicted molar refractivity (Wildman–Crippen MR) is 140 cm³/mol. The van der Waals surface area contributed by atoms with Crippen LogP contribution in [0.3, 0.4) is 0 Å². The quantitative estimate of drug-likeness (QED) is 0.478. The van der Waals surface area contributed by atoms with Crippen molar-refractivity contribution >= 4 is 46.1 Å². The van der Waals surface area contributed by atoms with Crippen LogP contribution in [0.5, 0.6) is 0 Å². The molecule has 1 atom stereocenters. The molecule has 0 saturated carbocycles. The minimum absolute atomic E-state index is 0.0210. The van der Waals surface area contributed by atoms with Crippen LogP contribution in [0.2, 0.25) is 0 Å². The van der Waals surface area contributed by atoms with Crippen molar-refractivity contribution in [2.45, 2.75) is 24.8 Å². The van der Waals surface area contributed by atoms with Crippen LogP contribution in [0.25, 0.3) is 11.1 Å². The Labute approximate surface area is 218 Å². The molecule has 1 unspecified atom stereocenters. The van der Waals surface area contributed by atoms with Crippen molar-refractivity contribution in [1.29, 1.82) is 0 Å². The molecule has 4 amide bonds. The van der Waals surface area contributed by atoms with Crippen molar-refractivity contribution in [2.24, 2.45) is 5.92 Å². The average molecular weight is 523 g/mol. The van der Waals surface area contributed by atoms with Crippen molar-refractivity contribution in [3.8, 4) is 0 Å². The zero-order valence-electron chi connectivity index (χ0n) is 21.0. The number of carbonyl (C=O) groups is 3. The van der Waals surface area contributed by atoms with E-state index in [0.717, 1.165) is 43.9 Å². The summed E-state index contributed by atoms with van der Waals surface area (Å²) in [6, 6.07) is 6.87. The molecule has 3 aromatic heterocycles. The van der Waals surface area contributed by atoms with Gasteiger partial charge in [0.25, 0.3) is 11.8 Å². The number of urea groups is 1. The van der Waals surface area contributed by atoms with Crippen LogP contribution in [0.15, 0.2) is 34.1 Å². The van der Waals surface area contributed by atoms with Crippen LogP contribution in [0.1, 0.15) is 33.8 Å². The Bertz CT molecular complexity index is 1370. The number of aromatic nitrogens is 1. The molecule has 11 heteroatoms. The van der Waals surface area contributed by atoms with E-state index in [9.17, 15) is 14.4 Å². The van der Waals surface area contributed by atoms with Crippen LogP contribution in [-0.2, 0) is 16.8 Å². The SMILES string of the molecule is CN(C)CC1CCN(c2ccc3oc(C4(CN5CCc6ccsc6C5=O)NC(=O)NC4=O)cc3n2)CC1. The highest BCUT2D eigenvalue weighted by Crippen LogP contribution is 2.34. The molecule has 10 nitrogen and oxygen atoms in total. The van der Waals surface area contributed by atoms with Gasteiger partial charge < -0.3 is 24.4 Å². The minimum atomic E-state index is -1.52. The van der Waals surface area contributed by atoms with Gasteiger partial charge in [-0.1, -0.05) is 0 Å². The van der Waals surface area contributed by atoms with Crippen molar-refractivity contribution < 1.29 is 18.8 Å². The first-order valence-corrected chi connectivity index (χ1v) is 13.5. The lowest BCUT2D eigenvalue weighted by atomic mass is 9.94. The summed E-state index contributed by atoms with van der Waals surface area (Å²) in [4.78, 5) is 50.2. The first kappa shape index (κ1) is 23.9. The normalized spacial score (nSPS) is 22.6. The fourth-order valence-electron chi connectivity index (χ4n) is 5.67. The number of rotatable bonds is 6. The average Bonchev–Trinajstić information content (AvgIpc) is 3.58. The standard InChI is InChI=1S/C26H30N6O4S/c1-30(2)14-16-5-9-31(10-6-16)21-4-3-19-18(27-21)13-20(36-19)26(24(34)28-25(35)29-26)15-32-11-7-17-8-12-37-22(17)23(32)33/h3-4,8,12-13,16H,5-7,9-11,14-15H2,1-2H3,(H2,28,29,34,35). The van der Waals surface area contributed by atoms with Crippen molar-refractivity contribution in [2.75, 3.05) is 51.7 Å². The summed E-state index contributed by atoms with van der Waals surface area (Å²) < 4.78 is 6.11. The van der Waals surface area contributed by atoms with Gasteiger partial charge in [0, 0.05) is 32.2 Å². The number of anilines is 1. The molecule has 194 valence electrons. The number of amides is 4. The third-order valence-corrected chi connectivity index (χ3v) is 8.54. The third-order valence-electron chi connectivity index (χ3n) is 7.59. The Kier molecular flexibility index (Phi) is 5.91. The molecule has 0 bridgehead atoms. The maximum absolute atomic E-state index is 13.2. The number of nitrogens with zero attached hydrogens (tertiary/aromatic N) is 4. The smallest absolute Gasteiger partial charge is 0.322 e. The number of hydrogen-bond donors (Lipinski definition) is 2. The van der Waals surface area contributed by atoms with Gasteiger partial charge in [-0.2, -0.15) is 0 Å². The molecular weight excluding hydrogens is 492 g/mol. The summed E-state index contributed by atoms with van der Waals surface area (Å²) in [5.41, 5.74) is 0.639. The number of thiophene rings is 1. The maximum atomic E-state index is 13.2. The van der Waals surface area contributed by atoms with Crippen LogP contribution >= 0.6 is 11.3 Å². The van der Waals surface area contributed by atoms with Crippen LogP contribution in [0, 0.1) is 5.92 Å². The zero-order valence-corrected chi connectivity index (χ0v) is 21.8. The van der Waals surface area contributed by atoms with Crippen molar-refractivity contribution in [3.05, 3.63) is 45.8 Å². The molecule has 2 fully saturated rings. The molecule has 0 aromatic carbocycles. The maximum Gasteiger partial charge on any atom is 0.322 e. The topological polar surface area (TPSA) is 111 Å². The highest BCUT2D eigenvalue weighted by atomic mass is 32.1. The monoisotopic (exact) mass is 522 g/mol. The van der Waals surface area contributed by atoms with E-state index in [1.54, 1.807) is 11.0 Å². The third kappa shape index (κ3) is 4.25. The molecule has 2 saturated heterocycles. The van der Waals surface area contributed by atoms with Gasteiger partial charge in [0.1, 0.15) is 17.1 Å². The van der Waals surface area contributed by atoms with Gasteiger partial charge in [-0.05, 0) is 68.4 Å². The van der Waals surface area contributed by atoms with E-state index in [-0.39, 0.29) is 18.2 Å². The fraction of sp³-hybridized carbons (Fsp3) is 0.462. The van der Waals surface area contributed by atoms with Crippen molar-refractivity contribution in [1.82, 2.24) is 25.4 Å². The van der Waals surface area contributed by atoms with Gasteiger partial charge in [0.2, 0.25) is 0 Å². The lowest BCUT2D eigenvalue weighted by Crippen LogP contribution is -2.54. The largest absolute Gasteiger partial charge is 0.456 e. The summed E-state index contributed by atoms with van der Waals surface area (Å²) in [5, 5.41) is 6.99. The summed E-state index contributed by atoms with van der Waals surface area (Å²) in [6.45, 7) is 3.40. The second-order valence-corrected chi connectivity index (χ2v) is 11.3. The fourth-order valence-corrected chi connectivity index (χ4v) is 6.59. The van der Waals surface area contributed by atoms with Gasteiger partial charge in [0.15, 0.2) is 11.1 Å². The highest BCUT2D eigenvalue weighted by Gasteiger charge is 2.52. The first-order chi connectivity index (χ1) is 17.8. The van der Waals surface area contributed by atoms with E-state index in [4.69, 9.17) is 9.40 Å². The summed E-state index contributed by atoms with van der Waals surface area (Å²) >= 11 is 1.39. The van der Waals surface area contributed by atoms with E-state index < -0.39 is 17.5 Å². The number of furan rings is 1.